The fourth-order valence-corrected chi connectivity index (χ4v) is 12.1. The van der Waals surface area contributed by atoms with E-state index in [2.05, 4.69) is 51.9 Å². The van der Waals surface area contributed by atoms with Crippen LogP contribution in [0.2, 0.25) is 44.8 Å². The van der Waals surface area contributed by atoms with Gasteiger partial charge < -0.3 is 38.3 Å². The molecular weight excluding hydrogens is 547 g/mol. The van der Waals surface area contributed by atoms with E-state index in [9.17, 15) is 5.11 Å². The molecule has 0 spiro atoms. The van der Waals surface area contributed by atoms with Crippen molar-refractivity contribution in [3.63, 3.8) is 0 Å². The number of rotatable bonds is 27. The predicted octanol–water partition coefficient (Wildman–Crippen LogP) is 5.24. The quantitative estimate of drug-likeness (QED) is 0.0858. The third-order valence-electron chi connectivity index (χ3n) is 6.90. The summed E-state index contributed by atoms with van der Waals surface area (Å²) in [5, 5.41) is 22.5. The standard InChI is InChI=1S/C28H65NO7Si3/c1-28(2,36-38(7,8)26-35-21-15-11-13-19-30)24-37(5,6)25-34-20-14-10-12-17-27(31)23-29-18-16-22-39(9,32-3)33-4/h27,29-31H,10-26H2,1-9H3. The minimum absolute atomic E-state index is 0.172. The predicted molar refractivity (Wildman–Crippen MR) is 170 cm³/mol. The van der Waals surface area contributed by atoms with E-state index in [1.165, 1.54) is 0 Å². The van der Waals surface area contributed by atoms with E-state index in [1.54, 1.807) is 14.2 Å². The molecule has 0 saturated carbocycles. The minimum atomic E-state index is -1.98. The average Bonchev–Trinajstić information content (AvgIpc) is 2.83. The first-order valence-electron chi connectivity index (χ1n) is 15.2. The van der Waals surface area contributed by atoms with Gasteiger partial charge in [0, 0.05) is 52.4 Å². The molecule has 3 N–H and O–H groups in total. The van der Waals surface area contributed by atoms with E-state index >= 15 is 0 Å². The number of ether oxygens (including phenoxy) is 2. The Morgan fingerprint density at radius 2 is 1.38 bits per heavy atom. The molecule has 0 aromatic rings. The minimum Gasteiger partial charge on any atom is -0.410 e. The molecule has 0 aliphatic rings. The van der Waals surface area contributed by atoms with E-state index in [4.69, 9.17) is 27.9 Å². The van der Waals surface area contributed by atoms with Crippen LogP contribution in [-0.4, -0.2) is 106 Å². The third kappa shape index (κ3) is 22.6. The summed E-state index contributed by atoms with van der Waals surface area (Å²) in [7, 11) is -2.02. The lowest BCUT2D eigenvalue weighted by Crippen LogP contribution is -2.49. The maximum Gasteiger partial charge on any atom is 0.334 e. The maximum atomic E-state index is 10.2. The lowest BCUT2D eigenvalue weighted by atomic mass is 10.1. The van der Waals surface area contributed by atoms with E-state index in [-0.39, 0.29) is 18.3 Å². The van der Waals surface area contributed by atoms with Gasteiger partial charge in [-0.25, -0.2) is 0 Å². The molecular formula is C28H65NO7Si3. The fourth-order valence-electron chi connectivity index (χ4n) is 5.13. The molecule has 0 amide bonds. The number of nitrogens with one attached hydrogen (secondary N) is 1. The second-order valence-corrected chi connectivity index (χ2v) is 25.8. The Hall–Kier alpha value is 0.331. The van der Waals surface area contributed by atoms with Crippen LogP contribution in [-0.2, 0) is 22.8 Å². The zero-order valence-electron chi connectivity index (χ0n) is 27.0. The van der Waals surface area contributed by atoms with Crippen molar-refractivity contribution in [2.75, 3.05) is 59.6 Å². The molecule has 11 heteroatoms. The molecule has 0 aromatic heterocycles. The molecule has 0 fully saturated rings. The summed E-state index contributed by atoms with van der Waals surface area (Å²) in [6.07, 6.45) is 9.09. The van der Waals surface area contributed by atoms with Gasteiger partial charge in [-0.3, -0.25) is 0 Å². The molecule has 1 atom stereocenters. The first kappa shape index (κ1) is 39.3. The maximum absolute atomic E-state index is 10.2. The van der Waals surface area contributed by atoms with Gasteiger partial charge in [0.05, 0.1) is 20.4 Å². The van der Waals surface area contributed by atoms with Gasteiger partial charge in [0.25, 0.3) is 0 Å². The van der Waals surface area contributed by atoms with Crippen molar-refractivity contribution in [3.05, 3.63) is 0 Å². The SMILES string of the molecule is CO[Si](C)(CCCNCC(O)CCCCCOC[Si](C)(C)CC(C)(C)O[Si](C)(C)COCCCCCO)OC. The first-order chi connectivity index (χ1) is 18.2. The van der Waals surface area contributed by atoms with Gasteiger partial charge >= 0.3 is 8.56 Å². The molecule has 236 valence electrons. The number of aliphatic hydroxyl groups is 2. The number of aliphatic hydroxyl groups excluding tert-OH is 2. The van der Waals surface area contributed by atoms with Gasteiger partial charge in [0.2, 0.25) is 8.32 Å². The van der Waals surface area contributed by atoms with Crippen molar-refractivity contribution in [1.29, 1.82) is 0 Å². The summed E-state index contributed by atoms with van der Waals surface area (Å²) in [6.45, 7) is 19.1. The highest BCUT2D eigenvalue weighted by atomic mass is 28.4. The Labute approximate surface area is 244 Å². The first-order valence-corrected chi connectivity index (χ1v) is 24.2. The van der Waals surface area contributed by atoms with E-state index < -0.39 is 25.0 Å². The molecule has 0 aromatic carbocycles. The van der Waals surface area contributed by atoms with Crippen LogP contribution in [0.4, 0.5) is 0 Å². The molecule has 0 aliphatic carbocycles. The summed E-state index contributed by atoms with van der Waals surface area (Å²) in [4.78, 5) is 0. The van der Waals surface area contributed by atoms with Crippen LogP contribution < -0.4 is 5.32 Å². The van der Waals surface area contributed by atoms with Gasteiger partial charge in [-0.05, 0) is 90.6 Å². The van der Waals surface area contributed by atoms with Crippen molar-refractivity contribution in [1.82, 2.24) is 5.32 Å². The van der Waals surface area contributed by atoms with Gasteiger partial charge in [0.15, 0.2) is 0 Å². The summed E-state index contributed by atoms with van der Waals surface area (Å²) in [5.74, 6) is 0. The van der Waals surface area contributed by atoms with Crippen LogP contribution in [0.5, 0.6) is 0 Å². The number of hydrogen-bond donors (Lipinski definition) is 3. The Morgan fingerprint density at radius 3 is 1.97 bits per heavy atom. The van der Waals surface area contributed by atoms with Crippen LogP contribution >= 0.6 is 0 Å². The van der Waals surface area contributed by atoms with Crippen molar-refractivity contribution in [2.24, 2.45) is 0 Å². The highest BCUT2D eigenvalue weighted by Gasteiger charge is 2.37. The summed E-state index contributed by atoms with van der Waals surface area (Å²) in [6, 6.07) is 2.01. The van der Waals surface area contributed by atoms with Crippen LogP contribution in [0.25, 0.3) is 0 Å². The fraction of sp³-hybridized carbons (Fsp3) is 1.00. The molecule has 39 heavy (non-hydrogen) atoms. The van der Waals surface area contributed by atoms with Crippen molar-refractivity contribution < 1.29 is 33.0 Å². The van der Waals surface area contributed by atoms with E-state index in [0.717, 1.165) is 89.4 Å². The highest BCUT2D eigenvalue weighted by Crippen LogP contribution is 2.28. The number of unbranched alkanes of at least 4 members (excludes halogenated alkanes) is 4. The van der Waals surface area contributed by atoms with Crippen LogP contribution in [0.1, 0.15) is 65.2 Å². The molecule has 0 saturated heterocycles. The second-order valence-electron chi connectivity index (χ2n) is 13.2. The van der Waals surface area contributed by atoms with Gasteiger partial charge in [-0.2, -0.15) is 0 Å². The average molecular weight is 612 g/mol. The summed E-state index contributed by atoms with van der Waals surface area (Å²) >= 11 is 0. The molecule has 1 unspecified atom stereocenters. The Bertz CT molecular complexity index is 594. The lowest BCUT2D eigenvalue weighted by Gasteiger charge is -2.39. The summed E-state index contributed by atoms with van der Waals surface area (Å²) < 4.78 is 29.7. The molecule has 0 bridgehead atoms. The Kier molecular flexibility index (Phi) is 21.3. The van der Waals surface area contributed by atoms with Gasteiger partial charge in [-0.15, -0.1) is 0 Å². The van der Waals surface area contributed by atoms with E-state index in [0.29, 0.717) is 12.8 Å². The highest BCUT2D eigenvalue weighted by molar-refractivity contribution is 6.77. The van der Waals surface area contributed by atoms with Crippen LogP contribution in [0.15, 0.2) is 0 Å². The largest absolute Gasteiger partial charge is 0.410 e. The van der Waals surface area contributed by atoms with Crippen LogP contribution in [0, 0.1) is 0 Å². The third-order valence-corrected chi connectivity index (χ3v) is 14.7. The smallest absolute Gasteiger partial charge is 0.334 e. The van der Waals surface area contributed by atoms with Gasteiger partial charge in [-0.1, -0.05) is 25.9 Å². The molecule has 0 heterocycles. The normalized spacial score (nSPS) is 14.2. The molecule has 0 rings (SSSR count). The van der Waals surface area contributed by atoms with Gasteiger partial charge in [0.1, 0.15) is 0 Å². The van der Waals surface area contributed by atoms with Crippen LogP contribution in [0.3, 0.4) is 0 Å². The molecule has 0 aliphatic heterocycles. The Balaban J connectivity index is 3.98. The Morgan fingerprint density at radius 1 is 0.795 bits per heavy atom. The molecule has 0 radical (unpaired) electrons. The monoisotopic (exact) mass is 611 g/mol. The topological polar surface area (TPSA) is 98.6 Å². The lowest BCUT2D eigenvalue weighted by molar-refractivity contribution is 0.0880. The zero-order chi connectivity index (χ0) is 29.8. The second kappa shape index (κ2) is 21.1. The summed E-state index contributed by atoms with van der Waals surface area (Å²) in [5.41, 5.74) is -0.172. The van der Waals surface area contributed by atoms with Crippen molar-refractivity contribution in [3.8, 4) is 0 Å². The number of hydrogen-bond acceptors (Lipinski definition) is 8. The molecule has 8 nitrogen and oxygen atoms in total. The zero-order valence-corrected chi connectivity index (χ0v) is 30.0. The van der Waals surface area contributed by atoms with Crippen molar-refractivity contribution >= 4 is 25.0 Å². The van der Waals surface area contributed by atoms with Crippen molar-refractivity contribution in [2.45, 2.75) is 122 Å². The van der Waals surface area contributed by atoms with E-state index in [1.807, 2.05) is 0 Å².